The minimum Gasteiger partial charge on any atom is -0.203 e. The van der Waals surface area contributed by atoms with E-state index in [4.69, 9.17) is 0 Å². The first-order valence-corrected chi connectivity index (χ1v) is 9.15. The quantitative estimate of drug-likeness (QED) is 0.363. The second-order valence-corrected chi connectivity index (χ2v) is 7.59. The first-order valence-electron chi connectivity index (χ1n) is 7.81. The largest absolute Gasteiger partial charge is 0.203 e. The molecule has 0 unspecified atom stereocenters. The van der Waals surface area contributed by atoms with E-state index in [2.05, 4.69) is 0 Å². The lowest BCUT2D eigenvalue weighted by Crippen LogP contribution is -2.28. The summed E-state index contributed by atoms with van der Waals surface area (Å²) in [4.78, 5) is 0. The van der Waals surface area contributed by atoms with Crippen molar-refractivity contribution in [1.29, 1.82) is 0 Å². The Bertz CT molecular complexity index is 811. The molecule has 0 nitrogen and oxygen atoms in total. The van der Waals surface area contributed by atoms with Crippen LogP contribution in [0.4, 0.5) is 17.6 Å². The summed E-state index contributed by atoms with van der Waals surface area (Å²) in [5.41, 5.74) is -0.560. The zero-order chi connectivity index (χ0) is 18.0. The molecule has 0 amide bonds. The van der Waals surface area contributed by atoms with Gasteiger partial charge in [-0.1, -0.05) is 67.6 Å². The van der Waals surface area contributed by atoms with Gasteiger partial charge in [-0.3, -0.25) is 0 Å². The highest BCUT2D eigenvalue weighted by Gasteiger charge is 2.31. The van der Waals surface area contributed by atoms with E-state index in [1.807, 2.05) is 0 Å². The van der Waals surface area contributed by atoms with E-state index >= 15 is 0 Å². The molecule has 0 fully saturated rings. The second kappa shape index (κ2) is 7.37. The van der Waals surface area contributed by atoms with Crippen molar-refractivity contribution in [3.63, 3.8) is 0 Å². The Kier molecular flexibility index (Phi) is 5.19. The van der Waals surface area contributed by atoms with Gasteiger partial charge in [-0.15, -0.1) is 0 Å². The van der Waals surface area contributed by atoms with Crippen molar-refractivity contribution >= 4 is 23.8 Å². The fourth-order valence-electron chi connectivity index (χ4n) is 2.73. The number of hydrogen-bond donors (Lipinski definition) is 0. The van der Waals surface area contributed by atoms with Crippen molar-refractivity contribution in [2.45, 2.75) is 13.3 Å². The van der Waals surface area contributed by atoms with E-state index in [1.165, 1.54) is 6.92 Å². The van der Waals surface area contributed by atoms with Crippen LogP contribution in [0.5, 0.6) is 0 Å². The molecular formula is C20H15F4P. The molecule has 0 aliphatic rings. The number of halogens is 4. The van der Waals surface area contributed by atoms with E-state index in [1.54, 1.807) is 60.7 Å². The molecule has 25 heavy (non-hydrogen) atoms. The molecular weight excluding hydrogens is 347 g/mol. The Morgan fingerprint density at radius 3 is 1.40 bits per heavy atom. The summed E-state index contributed by atoms with van der Waals surface area (Å²) in [6.07, 6.45) is -0.125. The van der Waals surface area contributed by atoms with Gasteiger partial charge in [0, 0.05) is 5.56 Å². The molecule has 0 radical (unpaired) electrons. The van der Waals surface area contributed by atoms with Gasteiger partial charge in [-0.05, 0) is 25.0 Å². The maximum Gasteiger partial charge on any atom is 0.170 e. The third-order valence-corrected chi connectivity index (χ3v) is 6.41. The van der Waals surface area contributed by atoms with Crippen LogP contribution in [-0.2, 0) is 6.42 Å². The highest BCUT2D eigenvalue weighted by atomic mass is 31.1. The lowest BCUT2D eigenvalue weighted by Gasteiger charge is -2.21. The number of rotatable bonds is 4. The van der Waals surface area contributed by atoms with Crippen LogP contribution in [0.15, 0.2) is 60.7 Å². The zero-order valence-electron chi connectivity index (χ0n) is 13.4. The molecule has 0 N–H and O–H groups in total. The van der Waals surface area contributed by atoms with Crippen LogP contribution in [0.2, 0.25) is 0 Å². The van der Waals surface area contributed by atoms with E-state index in [0.717, 1.165) is 0 Å². The SMILES string of the molecule is CCc1c(F)c(F)c(P(c2ccccc2)c2ccccc2)c(F)c1F. The van der Waals surface area contributed by atoms with Crippen LogP contribution in [0, 0.1) is 23.3 Å². The lowest BCUT2D eigenvalue weighted by atomic mass is 10.1. The molecule has 3 aromatic carbocycles. The van der Waals surface area contributed by atoms with Crippen LogP contribution < -0.4 is 15.9 Å². The first-order chi connectivity index (χ1) is 12.1. The Balaban J connectivity index is 2.32. The van der Waals surface area contributed by atoms with Crippen LogP contribution in [-0.4, -0.2) is 0 Å². The maximum atomic E-state index is 14.7. The summed E-state index contributed by atoms with van der Waals surface area (Å²) < 4.78 is 58.1. The Morgan fingerprint density at radius 2 is 1.04 bits per heavy atom. The molecule has 3 rings (SSSR count). The second-order valence-electron chi connectivity index (χ2n) is 5.44. The van der Waals surface area contributed by atoms with Crippen molar-refractivity contribution < 1.29 is 17.6 Å². The van der Waals surface area contributed by atoms with Crippen molar-refractivity contribution in [1.82, 2.24) is 0 Å². The standard InChI is InChI=1S/C20H15F4P/c1-2-15-16(21)18(23)20(19(24)17(15)22)25(13-9-5-3-6-10-13)14-11-7-4-8-12-14/h3-12H,2H2,1H3. The van der Waals surface area contributed by atoms with Gasteiger partial charge in [0.2, 0.25) is 0 Å². The molecule has 0 aliphatic heterocycles. The van der Waals surface area contributed by atoms with E-state index in [-0.39, 0.29) is 6.42 Å². The van der Waals surface area contributed by atoms with E-state index in [0.29, 0.717) is 10.6 Å². The van der Waals surface area contributed by atoms with Crippen molar-refractivity contribution in [3.05, 3.63) is 89.5 Å². The average molecular weight is 362 g/mol. The third-order valence-electron chi connectivity index (χ3n) is 3.94. The highest BCUT2D eigenvalue weighted by Crippen LogP contribution is 2.37. The monoisotopic (exact) mass is 362 g/mol. The van der Waals surface area contributed by atoms with Gasteiger partial charge < -0.3 is 0 Å². The molecule has 3 aromatic rings. The van der Waals surface area contributed by atoms with Gasteiger partial charge in [0.15, 0.2) is 23.3 Å². The summed E-state index contributed by atoms with van der Waals surface area (Å²) >= 11 is 0. The van der Waals surface area contributed by atoms with E-state index in [9.17, 15) is 17.6 Å². The van der Waals surface area contributed by atoms with Gasteiger partial charge in [0.05, 0.1) is 5.30 Å². The number of hydrogen-bond acceptors (Lipinski definition) is 0. The van der Waals surface area contributed by atoms with Crippen molar-refractivity contribution in [2.24, 2.45) is 0 Å². The number of benzene rings is 3. The van der Waals surface area contributed by atoms with Crippen LogP contribution >= 0.6 is 7.92 Å². The van der Waals surface area contributed by atoms with Crippen LogP contribution in [0.25, 0.3) is 0 Å². The van der Waals surface area contributed by atoms with Gasteiger partial charge in [0.25, 0.3) is 0 Å². The molecule has 128 valence electrons. The fraction of sp³-hybridized carbons (Fsp3) is 0.100. The first kappa shape index (κ1) is 17.6. The predicted molar refractivity (Wildman–Crippen MR) is 94.4 cm³/mol. The predicted octanol–water partition coefficient (Wildman–Crippen LogP) is 4.56. The summed E-state index contributed by atoms with van der Waals surface area (Å²) in [7, 11) is -1.77. The van der Waals surface area contributed by atoms with Crippen molar-refractivity contribution in [2.75, 3.05) is 0 Å². The molecule has 0 bridgehead atoms. The minimum absolute atomic E-state index is 0.125. The van der Waals surface area contributed by atoms with Crippen LogP contribution in [0.3, 0.4) is 0 Å². The smallest absolute Gasteiger partial charge is 0.170 e. The summed E-state index contributed by atoms with van der Waals surface area (Å²) in [5.74, 6) is -5.24. The molecule has 0 atom stereocenters. The Morgan fingerprint density at radius 1 is 0.640 bits per heavy atom. The maximum absolute atomic E-state index is 14.7. The Hall–Kier alpha value is -2.19. The summed E-state index contributed by atoms with van der Waals surface area (Å²) in [6, 6.07) is 17.3. The topological polar surface area (TPSA) is 0 Å². The molecule has 0 spiro atoms. The van der Waals surface area contributed by atoms with E-state index < -0.39 is 42.1 Å². The highest BCUT2D eigenvalue weighted by molar-refractivity contribution is 7.79. The molecule has 5 heteroatoms. The van der Waals surface area contributed by atoms with Crippen LogP contribution in [0.1, 0.15) is 12.5 Å². The van der Waals surface area contributed by atoms with Gasteiger partial charge in [-0.2, -0.15) is 0 Å². The fourth-order valence-corrected chi connectivity index (χ4v) is 5.08. The minimum atomic E-state index is -1.77. The molecule has 0 saturated carbocycles. The average Bonchev–Trinajstić information content (AvgIpc) is 2.65. The third kappa shape index (κ3) is 3.19. The van der Waals surface area contributed by atoms with Crippen molar-refractivity contribution in [3.8, 4) is 0 Å². The normalized spacial score (nSPS) is 11.1. The van der Waals surface area contributed by atoms with Gasteiger partial charge >= 0.3 is 0 Å². The molecule has 0 heterocycles. The zero-order valence-corrected chi connectivity index (χ0v) is 14.3. The van der Waals surface area contributed by atoms with Gasteiger partial charge in [-0.25, -0.2) is 17.6 Å². The molecule has 0 saturated heterocycles. The summed E-state index contributed by atoms with van der Waals surface area (Å²) in [6.45, 7) is 1.46. The molecule has 0 aliphatic carbocycles. The summed E-state index contributed by atoms with van der Waals surface area (Å²) in [5, 5.41) is 0.689. The lowest BCUT2D eigenvalue weighted by molar-refractivity contribution is 0.449. The molecule has 0 aromatic heterocycles. The van der Waals surface area contributed by atoms with Gasteiger partial charge in [0.1, 0.15) is 0 Å². The Labute approximate surface area is 144 Å².